The molecule has 3 nitrogen and oxygen atoms in total. The zero-order valence-corrected chi connectivity index (χ0v) is 18.0. The van der Waals surface area contributed by atoms with Gasteiger partial charge < -0.3 is 9.64 Å². The van der Waals surface area contributed by atoms with E-state index in [4.69, 9.17) is 16.3 Å². The van der Waals surface area contributed by atoms with Crippen LogP contribution in [0.15, 0.2) is 46.3 Å². The van der Waals surface area contributed by atoms with E-state index in [9.17, 15) is 4.79 Å². The van der Waals surface area contributed by atoms with Crippen molar-refractivity contribution in [3.8, 4) is 0 Å². The number of benzene rings is 2. The van der Waals surface area contributed by atoms with Crippen molar-refractivity contribution in [3.05, 3.63) is 62.4 Å². The number of rotatable bonds is 5. The first kappa shape index (κ1) is 18.8. The molecule has 1 aromatic heterocycles. The molecule has 140 valence electrons. The molecule has 2 aromatic carbocycles. The Labute approximate surface area is 176 Å². The molecule has 4 rings (SSSR count). The normalized spacial score (nSPS) is 16.0. The molecule has 0 bridgehead atoms. The number of carbonyl (C=O) groups excluding carboxylic acids is 1. The maximum atomic E-state index is 12.0. The summed E-state index contributed by atoms with van der Waals surface area (Å²) >= 11 is 11.5. The minimum absolute atomic E-state index is 0.133. The van der Waals surface area contributed by atoms with Crippen LogP contribution in [-0.2, 0) is 16.1 Å². The minimum atomic E-state index is -0.133. The molecule has 0 fully saturated rings. The number of carbonyl (C=O) groups is 1. The Morgan fingerprint density at radius 2 is 2.19 bits per heavy atom. The molecule has 6 heteroatoms. The highest BCUT2D eigenvalue weighted by molar-refractivity contribution is 9.10. The molecule has 1 aliphatic rings. The molecular formula is C21H19BrClNO2S. The van der Waals surface area contributed by atoms with Crippen LogP contribution in [-0.4, -0.2) is 19.1 Å². The van der Waals surface area contributed by atoms with Crippen molar-refractivity contribution in [2.45, 2.75) is 25.8 Å². The Morgan fingerprint density at radius 3 is 3.00 bits per heavy atom. The molecule has 1 unspecified atom stereocenters. The van der Waals surface area contributed by atoms with Crippen molar-refractivity contribution in [1.29, 1.82) is 0 Å². The summed E-state index contributed by atoms with van der Waals surface area (Å²) in [5, 5.41) is 4.17. The summed E-state index contributed by atoms with van der Waals surface area (Å²) in [6.07, 6.45) is 0.412. The predicted molar refractivity (Wildman–Crippen MR) is 116 cm³/mol. The molecule has 0 spiro atoms. The van der Waals surface area contributed by atoms with Crippen molar-refractivity contribution in [3.63, 3.8) is 0 Å². The molecule has 1 atom stereocenters. The topological polar surface area (TPSA) is 29.5 Å². The van der Waals surface area contributed by atoms with Gasteiger partial charge in [-0.15, -0.1) is 11.3 Å². The highest BCUT2D eigenvalue weighted by Crippen LogP contribution is 2.41. The number of ether oxygens (including phenoxy) is 1. The van der Waals surface area contributed by atoms with Gasteiger partial charge in [-0.1, -0.05) is 33.6 Å². The Morgan fingerprint density at radius 1 is 1.33 bits per heavy atom. The van der Waals surface area contributed by atoms with Gasteiger partial charge in [-0.3, -0.25) is 4.79 Å². The molecule has 0 N–H and O–H groups in total. The third-order valence-electron chi connectivity index (χ3n) is 4.91. The average molecular weight is 465 g/mol. The van der Waals surface area contributed by atoms with E-state index in [2.05, 4.69) is 44.4 Å². The highest BCUT2D eigenvalue weighted by atomic mass is 79.9. The number of anilines is 1. The number of hydrogen-bond donors (Lipinski definition) is 0. The van der Waals surface area contributed by atoms with Gasteiger partial charge >= 0.3 is 5.97 Å². The van der Waals surface area contributed by atoms with Gasteiger partial charge in [0.2, 0.25) is 0 Å². The van der Waals surface area contributed by atoms with Gasteiger partial charge in [0.25, 0.3) is 0 Å². The summed E-state index contributed by atoms with van der Waals surface area (Å²) < 4.78 is 7.46. The number of esters is 1. The van der Waals surface area contributed by atoms with Gasteiger partial charge in [-0.25, -0.2) is 0 Å². The van der Waals surface area contributed by atoms with Gasteiger partial charge in [-0.2, -0.15) is 0 Å². The predicted octanol–water partition coefficient (Wildman–Crippen LogP) is 6.37. The van der Waals surface area contributed by atoms with Crippen LogP contribution in [0.25, 0.3) is 10.1 Å². The summed E-state index contributed by atoms with van der Waals surface area (Å²) in [6, 6.07) is 12.3. The second-order valence-electron chi connectivity index (χ2n) is 6.69. The van der Waals surface area contributed by atoms with E-state index in [1.165, 1.54) is 26.9 Å². The average Bonchev–Trinajstić information content (AvgIpc) is 3.17. The van der Waals surface area contributed by atoms with Crippen molar-refractivity contribution < 1.29 is 9.53 Å². The molecule has 2 heterocycles. The van der Waals surface area contributed by atoms with Crippen molar-refractivity contribution in [2.24, 2.45) is 0 Å². The van der Waals surface area contributed by atoms with Crippen LogP contribution in [0, 0.1) is 0 Å². The zero-order chi connectivity index (χ0) is 19.0. The smallest absolute Gasteiger partial charge is 0.306 e. The van der Waals surface area contributed by atoms with E-state index in [1.54, 1.807) is 11.3 Å². The number of hydrogen-bond acceptors (Lipinski definition) is 4. The first-order chi connectivity index (χ1) is 13.0. The van der Waals surface area contributed by atoms with Crippen LogP contribution < -0.4 is 4.90 Å². The summed E-state index contributed by atoms with van der Waals surface area (Å²) in [4.78, 5) is 14.4. The van der Waals surface area contributed by atoms with Gasteiger partial charge in [0.15, 0.2) is 0 Å². The van der Waals surface area contributed by atoms with Gasteiger partial charge in [0.1, 0.15) is 0 Å². The highest BCUT2D eigenvalue weighted by Gasteiger charge is 2.31. The number of fused-ring (bicyclic) bond motifs is 2. The van der Waals surface area contributed by atoms with Crippen LogP contribution in [0.3, 0.4) is 0 Å². The molecule has 1 aliphatic heterocycles. The SMILES string of the molecule is CCOC(=O)CC1CN(Cc2csc3ccc(Cl)cc23)c2cc(Br)ccc21. The van der Waals surface area contributed by atoms with Crippen LogP contribution in [0.4, 0.5) is 5.69 Å². The van der Waals surface area contributed by atoms with Crippen molar-refractivity contribution in [1.82, 2.24) is 0 Å². The Hall–Kier alpha value is -1.56. The van der Waals surface area contributed by atoms with E-state index in [0.717, 1.165) is 22.6 Å². The van der Waals surface area contributed by atoms with Gasteiger partial charge in [0, 0.05) is 38.9 Å². The largest absolute Gasteiger partial charge is 0.466 e. The van der Waals surface area contributed by atoms with Crippen LogP contribution >= 0.6 is 38.9 Å². The lowest BCUT2D eigenvalue weighted by Gasteiger charge is -2.20. The molecule has 0 radical (unpaired) electrons. The van der Waals surface area contributed by atoms with Gasteiger partial charge in [-0.05, 0) is 59.1 Å². The van der Waals surface area contributed by atoms with Crippen molar-refractivity contribution in [2.75, 3.05) is 18.1 Å². The Bertz CT molecular complexity index is 1000. The first-order valence-corrected chi connectivity index (χ1v) is 11.0. The third-order valence-corrected chi connectivity index (χ3v) is 6.65. The fourth-order valence-corrected chi connectivity index (χ4v) is 5.18. The van der Waals surface area contributed by atoms with Gasteiger partial charge in [0.05, 0.1) is 13.0 Å². The molecule has 0 amide bonds. The lowest BCUT2D eigenvalue weighted by Crippen LogP contribution is -2.22. The van der Waals surface area contributed by atoms with Crippen LogP contribution in [0.2, 0.25) is 5.02 Å². The molecule has 0 saturated carbocycles. The number of nitrogens with zero attached hydrogens (tertiary/aromatic N) is 1. The molecule has 0 aliphatic carbocycles. The fraction of sp³-hybridized carbons (Fsp3) is 0.286. The minimum Gasteiger partial charge on any atom is -0.466 e. The van der Waals surface area contributed by atoms with Crippen LogP contribution in [0.1, 0.15) is 30.4 Å². The standard InChI is InChI=1S/C21H19BrClNO2S/c1-2-26-21(25)7-13-10-24(19-8-15(22)3-5-17(13)19)11-14-12-27-20-6-4-16(23)9-18(14)20/h3-6,8-9,12-13H,2,7,10-11H2,1H3. The summed E-state index contributed by atoms with van der Waals surface area (Å²) in [5.41, 5.74) is 3.66. The maximum Gasteiger partial charge on any atom is 0.306 e. The monoisotopic (exact) mass is 463 g/mol. The maximum absolute atomic E-state index is 12.0. The number of halogens is 2. The summed E-state index contributed by atoms with van der Waals surface area (Å²) in [6.45, 7) is 3.87. The molecular weight excluding hydrogens is 446 g/mol. The Kier molecular flexibility index (Phi) is 5.44. The van der Waals surface area contributed by atoms with E-state index < -0.39 is 0 Å². The van der Waals surface area contributed by atoms with Crippen molar-refractivity contribution >= 4 is 60.6 Å². The molecule has 0 saturated heterocycles. The fourth-order valence-electron chi connectivity index (χ4n) is 3.73. The van der Waals surface area contributed by atoms with E-state index in [0.29, 0.717) is 13.0 Å². The van der Waals surface area contributed by atoms with E-state index in [1.807, 2.05) is 25.1 Å². The van der Waals surface area contributed by atoms with Crippen LogP contribution in [0.5, 0.6) is 0 Å². The molecule has 27 heavy (non-hydrogen) atoms. The second kappa shape index (κ2) is 7.82. The first-order valence-electron chi connectivity index (χ1n) is 8.90. The lowest BCUT2D eigenvalue weighted by atomic mass is 9.98. The number of thiophene rings is 1. The molecule has 3 aromatic rings. The second-order valence-corrected chi connectivity index (χ2v) is 8.95. The Balaban J connectivity index is 1.64. The third kappa shape index (κ3) is 3.86. The van der Waals surface area contributed by atoms with E-state index in [-0.39, 0.29) is 11.9 Å². The lowest BCUT2D eigenvalue weighted by molar-refractivity contribution is -0.143. The van der Waals surface area contributed by atoms with E-state index >= 15 is 0 Å². The quantitative estimate of drug-likeness (QED) is 0.411. The zero-order valence-electron chi connectivity index (χ0n) is 14.9. The summed E-state index contributed by atoms with van der Waals surface area (Å²) in [5.74, 6) is 0.0200. The summed E-state index contributed by atoms with van der Waals surface area (Å²) in [7, 11) is 0.